The lowest BCUT2D eigenvalue weighted by Crippen LogP contribution is -2.30. The second-order valence-electron chi connectivity index (χ2n) is 6.15. The zero-order chi connectivity index (χ0) is 24.1. The first kappa shape index (κ1) is 25.4. The van der Waals surface area contributed by atoms with E-state index in [1.807, 2.05) is 0 Å². The van der Waals surface area contributed by atoms with Gasteiger partial charge in [-0.1, -0.05) is 13.8 Å². The summed E-state index contributed by atoms with van der Waals surface area (Å²) in [6.45, 7) is 0.692. The van der Waals surface area contributed by atoms with Crippen molar-refractivity contribution in [2.24, 2.45) is 0 Å². The lowest BCUT2D eigenvalue weighted by Gasteiger charge is -2.16. The molecule has 0 saturated carbocycles. The van der Waals surface area contributed by atoms with Gasteiger partial charge >= 0.3 is 6.61 Å². The highest BCUT2D eigenvalue weighted by atomic mass is 32.2. The third-order valence-corrected chi connectivity index (χ3v) is 7.90. The number of thiophene rings is 1. The molecule has 2 aromatic rings. The quantitative estimate of drug-likeness (QED) is 0.376. The molecule has 176 valence electrons. The molecule has 2 rings (SSSR count). The van der Waals surface area contributed by atoms with E-state index < -0.39 is 44.5 Å². The van der Waals surface area contributed by atoms with Crippen LogP contribution in [0, 0.1) is 10.1 Å². The summed E-state index contributed by atoms with van der Waals surface area (Å²) in [6.07, 6.45) is 0. The predicted octanol–water partition coefficient (Wildman–Crippen LogP) is 3.23. The average molecular weight is 494 g/mol. The molecule has 32 heavy (non-hydrogen) atoms. The summed E-state index contributed by atoms with van der Waals surface area (Å²) >= 11 is 0.957. The van der Waals surface area contributed by atoms with Crippen molar-refractivity contribution >= 4 is 33.0 Å². The van der Waals surface area contributed by atoms with Crippen LogP contribution >= 0.6 is 11.3 Å². The normalized spacial score (nSPS) is 11.6. The highest BCUT2D eigenvalue weighted by Crippen LogP contribution is 2.35. The van der Waals surface area contributed by atoms with Crippen LogP contribution in [0.1, 0.15) is 29.1 Å². The number of nitrogens with one attached hydrogen (secondary N) is 1. The highest BCUT2D eigenvalue weighted by molar-refractivity contribution is 7.91. The number of nitro groups is 1. The molecule has 10 nitrogen and oxygen atoms in total. The minimum Gasteiger partial charge on any atom is -0.493 e. The van der Waals surface area contributed by atoms with Gasteiger partial charge in [0.15, 0.2) is 11.5 Å². The number of hydrogen-bond donors (Lipinski definition) is 1. The molecule has 0 atom stereocenters. The fourth-order valence-corrected chi connectivity index (χ4v) is 5.68. The van der Waals surface area contributed by atoms with Crippen LogP contribution in [-0.2, 0) is 16.6 Å². The van der Waals surface area contributed by atoms with E-state index in [4.69, 9.17) is 4.74 Å². The summed E-state index contributed by atoms with van der Waals surface area (Å²) in [5.74, 6) is -1.75. The number of nitrogens with zero attached hydrogens (tertiary/aromatic N) is 2. The largest absolute Gasteiger partial charge is 0.493 e. The molecular formula is C18H21F2N3O7S2. The van der Waals surface area contributed by atoms with Crippen molar-refractivity contribution < 1.29 is 36.4 Å². The van der Waals surface area contributed by atoms with Crippen molar-refractivity contribution in [2.45, 2.75) is 31.2 Å². The van der Waals surface area contributed by atoms with E-state index in [1.165, 1.54) is 16.4 Å². The molecule has 0 saturated heterocycles. The molecule has 0 aliphatic carbocycles. The lowest BCUT2D eigenvalue weighted by molar-refractivity contribution is -0.385. The maximum Gasteiger partial charge on any atom is 0.387 e. The van der Waals surface area contributed by atoms with Gasteiger partial charge in [-0.3, -0.25) is 14.9 Å². The van der Waals surface area contributed by atoms with Crippen molar-refractivity contribution in [3.8, 4) is 11.5 Å². The molecule has 1 aromatic heterocycles. The van der Waals surface area contributed by atoms with Gasteiger partial charge in [-0.15, -0.1) is 11.3 Å². The standard InChI is InChI=1S/C18H21F2N3O7S2/c1-4-22(5-2)32(27,28)16-7-6-11(31-16)10-21-17(24)12-8-14(29-3)15(30-18(19)20)9-13(12)23(25)26/h6-9,18H,4-5,10H2,1-3H3,(H,21,24). The fourth-order valence-electron chi connectivity index (χ4n) is 2.78. The molecule has 1 heterocycles. The number of sulfonamides is 1. The Morgan fingerprint density at radius 1 is 1.25 bits per heavy atom. The van der Waals surface area contributed by atoms with Gasteiger partial charge in [0, 0.05) is 24.0 Å². The van der Waals surface area contributed by atoms with Gasteiger partial charge in [-0.25, -0.2) is 8.42 Å². The number of alkyl halides is 2. The van der Waals surface area contributed by atoms with Crippen molar-refractivity contribution in [1.29, 1.82) is 0 Å². The van der Waals surface area contributed by atoms with Crippen LogP contribution in [-0.4, -0.2) is 50.4 Å². The SMILES string of the molecule is CCN(CC)S(=O)(=O)c1ccc(CNC(=O)c2cc(OC)c(OC(F)F)cc2[N+](=O)[O-])s1. The van der Waals surface area contributed by atoms with E-state index >= 15 is 0 Å². The summed E-state index contributed by atoms with van der Waals surface area (Å²) < 4.78 is 60.7. The van der Waals surface area contributed by atoms with Crippen LogP contribution < -0.4 is 14.8 Å². The lowest BCUT2D eigenvalue weighted by atomic mass is 10.1. The second kappa shape index (κ2) is 10.7. The van der Waals surface area contributed by atoms with Gasteiger partial charge < -0.3 is 14.8 Å². The van der Waals surface area contributed by atoms with Crippen LogP contribution in [0.3, 0.4) is 0 Å². The molecule has 0 radical (unpaired) electrons. The molecule has 0 spiro atoms. The number of carbonyl (C=O) groups is 1. The summed E-state index contributed by atoms with van der Waals surface area (Å²) in [4.78, 5) is 23.5. The number of amides is 1. The van der Waals surface area contributed by atoms with E-state index in [0.29, 0.717) is 24.0 Å². The Labute approximate surface area is 186 Å². The van der Waals surface area contributed by atoms with Gasteiger partial charge in [0.25, 0.3) is 21.6 Å². The Morgan fingerprint density at radius 2 is 1.91 bits per heavy atom. The monoisotopic (exact) mass is 493 g/mol. The number of methoxy groups -OCH3 is 1. The van der Waals surface area contributed by atoms with Crippen molar-refractivity contribution in [1.82, 2.24) is 9.62 Å². The molecule has 0 aliphatic rings. The molecular weight excluding hydrogens is 472 g/mol. The molecule has 1 amide bonds. The third kappa shape index (κ3) is 5.69. The summed E-state index contributed by atoms with van der Waals surface area (Å²) in [5.41, 5.74) is -1.18. The summed E-state index contributed by atoms with van der Waals surface area (Å²) in [5, 5.41) is 13.8. The number of ether oxygens (including phenoxy) is 2. The molecule has 1 aromatic carbocycles. The molecule has 0 fully saturated rings. The molecule has 0 unspecified atom stereocenters. The zero-order valence-electron chi connectivity index (χ0n) is 17.3. The van der Waals surface area contributed by atoms with Gasteiger partial charge in [-0.2, -0.15) is 13.1 Å². The summed E-state index contributed by atoms with van der Waals surface area (Å²) in [7, 11) is -2.53. The van der Waals surface area contributed by atoms with Gasteiger partial charge in [0.1, 0.15) is 9.77 Å². The first-order valence-corrected chi connectivity index (χ1v) is 11.5. The third-order valence-electron chi connectivity index (χ3n) is 4.30. The van der Waals surface area contributed by atoms with Crippen LogP contribution in [0.2, 0.25) is 0 Å². The van der Waals surface area contributed by atoms with Crippen molar-refractivity contribution in [2.75, 3.05) is 20.2 Å². The second-order valence-corrected chi connectivity index (χ2v) is 9.48. The number of rotatable bonds is 11. The van der Waals surface area contributed by atoms with Crippen LogP contribution in [0.25, 0.3) is 0 Å². The fraction of sp³-hybridized carbons (Fsp3) is 0.389. The molecule has 1 N–H and O–H groups in total. The van der Waals surface area contributed by atoms with Crippen LogP contribution in [0.4, 0.5) is 14.5 Å². The minimum atomic E-state index is -3.65. The Morgan fingerprint density at radius 3 is 2.44 bits per heavy atom. The maximum absolute atomic E-state index is 12.6. The maximum atomic E-state index is 12.6. The van der Waals surface area contributed by atoms with E-state index in [9.17, 15) is 32.1 Å². The van der Waals surface area contributed by atoms with Crippen LogP contribution in [0.5, 0.6) is 11.5 Å². The van der Waals surface area contributed by atoms with E-state index in [1.54, 1.807) is 13.8 Å². The average Bonchev–Trinajstić information content (AvgIpc) is 3.22. The Hall–Kier alpha value is -2.84. The number of benzene rings is 1. The van der Waals surface area contributed by atoms with E-state index in [0.717, 1.165) is 24.5 Å². The van der Waals surface area contributed by atoms with E-state index in [2.05, 4.69) is 10.1 Å². The Kier molecular flexibility index (Phi) is 8.46. The Bertz CT molecular complexity index is 1090. The Balaban J connectivity index is 2.25. The number of hydrogen-bond acceptors (Lipinski definition) is 8. The zero-order valence-corrected chi connectivity index (χ0v) is 19.0. The number of halogens is 2. The first-order chi connectivity index (χ1) is 15.0. The highest BCUT2D eigenvalue weighted by Gasteiger charge is 2.27. The van der Waals surface area contributed by atoms with Gasteiger partial charge in [0.05, 0.1) is 24.6 Å². The molecule has 0 bridgehead atoms. The van der Waals surface area contributed by atoms with Crippen molar-refractivity contribution in [3.05, 3.63) is 44.8 Å². The number of nitro benzene ring substituents is 1. The summed E-state index contributed by atoms with van der Waals surface area (Å²) in [6, 6.07) is 4.55. The van der Waals surface area contributed by atoms with E-state index in [-0.39, 0.29) is 16.5 Å². The van der Waals surface area contributed by atoms with Crippen molar-refractivity contribution in [3.63, 3.8) is 0 Å². The molecule has 14 heteroatoms. The minimum absolute atomic E-state index is 0.103. The van der Waals surface area contributed by atoms with Gasteiger partial charge in [0.2, 0.25) is 0 Å². The van der Waals surface area contributed by atoms with Crippen LogP contribution in [0.15, 0.2) is 28.5 Å². The predicted molar refractivity (Wildman–Crippen MR) is 112 cm³/mol. The topological polar surface area (TPSA) is 128 Å². The van der Waals surface area contributed by atoms with Gasteiger partial charge in [-0.05, 0) is 12.1 Å². The molecule has 0 aliphatic heterocycles. The first-order valence-electron chi connectivity index (χ1n) is 9.23. The smallest absolute Gasteiger partial charge is 0.387 e. The number of carbonyl (C=O) groups excluding carboxylic acids is 1.